The van der Waals surface area contributed by atoms with Gasteiger partial charge in [-0.15, -0.1) is 11.8 Å². The second-order valence-electron chi connectivity index (χ2n) is 4.66. The van der Waals surface area contributed by atoms with E-state index >= 15 is 0 Å². The number of benzene rings is 1. The summed E-state index contributed by atoms with van der Waals surface area (Å²) in [6.45, 7) is 4.12. The van der Waals surface area contributed by atoms with Gasteiger partial charge in [0, 0.05) is 10.9 Å². The molecule has 1 N–H and O–H groups in total. The fourth-order valence-electron chi connectivity index (χ4n) is 1.65. The summed E-state index contributed by atoms with van der Waals surface area (Å²) in [6.07, 6.45) is 0. The van der Waals surface area contributed by atoms with Crippen molar-refractivity contribution in [3.8, 4) is 0 Å². The molecule has 1 heterocycles. The van der Waals surface area contributed by atoms with E-state index in [4.69, 9.17) is 4.52 Å². The molecule has 0 bridgehead atoms. The minimum absolute atomic E-state index is 0.164. The first-order valence-electron chi connectivity index (χ1n) is 6.48. The van der Waals surface area contributed by atoms with Gasteiger partial charge in [0.1, 0.15) is 5.82 Å². The van der Waals surface area contributed by atoms with Crippen molar-refractivity contribution in [2.75, 3.05) is 7.05 Å². The van der Waals surface area contributed by atoms with E-state index in [0.29, 0.717) is 17.5 Å². The topological polar surface area (TPSA) is 51.0 Å². The van der Waals surface area contributed by atoms with E-state index in [0.717, 1.165) is 4.90 Å². The van der Waals surface area contributed by atoms with Gasteiger partial charge >= 0.3 is 0 Å². The molecule has 0 saturated carbocycles. The Morgan fingerprint density at radius 2 is 2.00 bits per heavy atom. The average molecular weight is 295 g/mol. The Labute approximate surface area is 122 Å². The van der Waals surface area contributed by atoms with E-state index in [1.165, 1.54) is 12.1 Å². The summed E-state index contributed by atoms with van der Waals surface area (Å²) >= 11 is 1.55. The Hall–Kier alpha value is -1.40. The number of halogens is 1. The maximum absolute atomic E-state index is 12.8. The molecule has 2 atom stereocenters. The van der Waals surface area contributed by atoms with Crippen LogP contribution in [0.3, 0.4) is 0 Å². The van der Waals surface area contributed by atoms with Gasteiger partial charge in [0.15, 0.2) is 5.82 Å². The van der Waals surface area contributed by atoms with E-state index < -0.39 is 0 Å². The lowest BCUT2D eigenvalue weighted by molar-refractivity contribution is 0.334. The molecule has 0 aliphatic heterocycles. The Kier molecular flexibility index (Phi) is 5.14. The first-order valence-corrected chi connectivity index (χ1v) is 7.47. The Balaban J connectivity index is 1.94. The van der Waals surface area contributed by atoms with E-state index in [2.05, 4.69) is 22.4 Å². The second-order valence-corrected chi connectivity index (χ2v) is 5.71. The smallest absolute Gasteiger partial charge is 0.231 e. The van der Waals surface area contributed by atoms with E-state index in [1.807, 2.05) is 14.0 Å². The predicted octanol–water partition coefficient (Wildman–Crippen LogP) is 3.21. The minimum Gasteiger partial charge on any atom is -0.339 e. The molecule has 0 aliphatic rings. The summed E-state index contributed by atoms with van der Waals surface area (Å²) < 4.78 is 18.1. The van der Waals surface area contributed by atoms with Gasteiger partial charge in [-0.1, -0.05) is 12.1 Å². The summed E-state index contributed by atoms with van der Waals surface area (Å²) in [5.74, 6) is 1.84. The molecule has 4 nitrogen and oxygen atoms in total. The summed E-state index contributed by atoms with van der Waals surface area (Å²) in [5.41, 5.74) is 0. The van der Waals surface area contributed by atoms with Gasteiger partial charge in [-0.2, -0.15) is 4.98 Å². The largest absolute Gasteiger partial charge is 0.339 e. The first-order chi connectivity index (χ1) is 9.60. The number of aromatic nitrogens is 2. The average Bonchev–Trinajstić information content (AvgIpc) is 2.94. The molecule has 2 rings (SSSR count). The number of hydrogen-bond donors (Lipinski definition) is 1. The maximum Gasteiger partial charge on any atom is 0.231 e. The second kappa shape index (κ2) is 6.85. The normalized spacial score (nSPS) is 14.2. The molecule has 20 heavy (non-hydrogen) atoms. The van der Waals surface area contributed by atoms with Crippen molar-refractivity contribution in [2.45, 2.75) is 36.5 Å². The van der Waals surface area contributed by atoms with Crippen molar-refractivity contribution in [1.29, 1.82) is 0 Å². The molecule has 108 valence electrons. The van der Waals surface area contributed by atoms with Crippen molar-refractivity contribution in [2.24, 2.45) is 0 Å². The number of nitrogens with zero attached hydrogens (tertiary/aromatic N) is 2. The van der Waals surface area contributed by atoms with Gasteiger partial charge < -0.3 is 9.84 Å². The van der Waals surface area contributed by atoms with Crippen molar-refractivity contribution >= 4 is 11.8 Å². The molecular formula is C14H18FN3OS. The monoisotopic (exact) mass is 295 g/mol. The summed E-state index contributed by atoms with van der Waals surface area (Å²) in [6, 6.07) is 6.65. The van der Waals surface area contributed by atoms with E-state index in [-0.39, 0.29) is 17.8 Å². The molecular weight excluding hydrogens is 277 g/mol. The summed E-state index contributed by atoms with van der Waals surface area (Å²) in [5, 5.41) is 7.14. The number of rotatable bonds is 6. The molecule has 0 radical (unpaired) electrons. The molecule has 0 amide bonds. The number of thioether (sulfide) groups is 1. The van der Waals surface area contributed by atoms with Crippen LogP contribution in [-0.2, 0) is 5.75 Å². The van der Waals surface area contributed by atoms with Crippen molar-refractivity contribution in [3.63, 3.8) is 0 Å². The van der Waals surface area contributed by atoms with Crippen LogP contribution in [0, 0.1) is 5.82 Å². The van der Waals surface area contributed by atoms with Gasteiger partial charge in [-0.25, -0.2) is 4.39 Å². The lowest BCUT2D eigenvalue weighted by atomic mass is 10.0. The van der Waals surface area contributed by atoms with Crippen LogP contribution in [0.2, 0.25) is 0 Å². The molecule has 0 aliphatic carbocycles. The lowest BCUT2D eigenvalue weighted by Gasteiger charge is -2.14. The quantitative estimate of drug-likeness (QED) is 0.829. The Morgan fingerprint density at radius 1 is 1.30 bits per heavy atom. The predicted molar refractivity (Wildman–Crippen MR) is 77.2 cm³/mol. The SMILES string of the molecule is CNC(C)C(C)c1nc(CSc2ccc(F)cc2)no1. The molecule has 0 spiro atoms. The van der Waals surface area contributed by atoms with Gasteiger partial charge in [-0.3, -0.25) is 0 Å². The summed E-state index contributed by atoms with van der Waals surface area (Å²) in [7, 11) is 1.91. The lowest BCUT2D eigenvalue weighted by Crippen LogP contribution is -2.27. The molecule has 1 aromatic heterocycles. The molecule has 0 saturated heterocycles. The van der Waals surface area contributed by atoms with Crippen LogP contribution in [-0.4, -0.2) is 23.2 Å². The van der Waals surface area contributed by atoms with Gasteiger partial charge in [0.2, 0.25) is 5.89 Å². The zero-order valence-electron chi connectivity index (χ0n) is 11.8. The van der Waals surface area contributed by atoms with Crippen LogP contribution in [0.5, 0.6) is 0 Å². The first kappa shape index (κ1) is 15.0. The third kappa shape index (κ3) is 3.80. The van der Waals surface area contributed by atoms with Crippen molar-refractivity contribution in [3.05, 3.63) is 41.8 Å². The van der Waals surface area contributed by atoms with Crippen LogP contribution < -0.4 is 5.32 Å². The van der Waals surface area contributed by atoms with Crippen LogP contribution in [0.1, 0.15) is 31.5 Å². The highest BCUT2D eigenvalue weighted by molar-refractivity contribution is 7.98. The van der Waals surface area contributed by atoms with Crippen LogP contribution in [0.4, 0.5) is 4.39 Å². The van der Waals surface area contributed by atoms with Crippen molar-refractivity contribution < 1.29 is 8.91 Å². The molecule has 6 heteroatoms. The summed E-state index contributed by atoms with van der Waals surface area (Å²) in [4.78, 5) is 5.38. The van der Waals surface area contributed by atoms with E-state index in [1.54, 1.807) is 23.9 Å². The molecule has 1 aromatic carbocycles. The van der Waals surface area contributed by atoms with Crippen LogP contribution >= 0.6 is 11.8 Å². The molecule has 2 aromatic rings. The number of hydrogen-bond acceptors (Lipinski definition) is 5. The number of nitrogens with one attached hydrogen (secondary N) is 1. The fraction of sp³-hybridized carbons (Fsp3) is 0.429. The third-order valence-electron chi connectivity index (χ3n) is 3.26. The Bertz CT molecular complexity index is 544. The molecule has 0 fully saturated rings. The van der Waals surface area contributed by atoms with Crippen LogP contribution in [0.15, 0.2) is 33.7 Å². The van der Waals surface area contributed by atoms with E-state index in [9.17, 15) is 4.39 Å². The highest BCUT2D eigenvalue weighted by Crippen LogP contribution is 2.23. The Morgan fingerprint density at radius 3 is 2.65 bits per heavy atom. The highest BCUT2D eigenvalue weighted by Gasteiger charge is 2.19. The molecule has 2 unspecified atom stereocenters. The van der Waals surface area contributed by atoms with Crippen LogP contribution in [0.25, 0.3) is 0 Å². The fourth-order valence-corrected chi connectivity index (χ4v) is 2.40. The van der Waals surface area contributed by atoms with Gasteiger partial charge in [-0.05, 0) is 38.2 Å². The number of likely N-dealkylation sites (N-methyl/N-ethyl adjacent to an activating group) is 1. The van der Waals surface area contributed by atoms with Crippen molar-refractivity contribution in [1.82, 2.24) is 15.5 Å². The standard InChI is InChI=1S/C14H18FN3OS/c1-9(10(2)16-3)14-17-13(18-19-14)8-20-12-6-4-11(15)5-7-12/h4-7,9-10,16H,8H2,1-3H3. The van der Waals surface area contributed by atoms with Gasteiger partial charge in [0.25, 0.3) is 0 Å². The third-order valence-corrected chi connectivity index (χ3v) is 4.27. The highest BCUT2D eigenvalue weighted by atomic mass is 32.2. The maximum atomic E-state index is 12.8. The zero-order chi connectivity index (χ0) is 14.5. The van der Waals surface area contributed by atoms with Gasteiger partial charge in [0.05, 0.1) is 11.7 Å². The minimum atomic E-state index is -0.230. The zero-order valence-corrected chi connectivity index (χ0v) is 12.6.